The summed E-state index contributed by atoms with van der Waals surface area (Å²) in [5.74, 6) is 1.05. The molecule has 0 spiro atoms. The third kappa shape index (κ3) is 26.8. The number of carbonyl (C=O) groups is 7. The van der Waals surface area contributed by atoms with Crippen molar-refractivity contribution in [2.24, 2.45) is 0 Å². The van der Waals surface area contributed by atoms with E-state index in [2.05, 4.69) is 89.9 Å². The molecule has 14 heteroatoms. The number of aryl methyl sites for hydroxylation is 2. The number of carbonyl (C=O) groups excluding carboxylic acids is 7. The number of anilines is 1. The number of furan rings is 1. The van der Waals surface area contributed by atoms with Crippen LogP contribution in [0.25, 0.3) is 75.4 Å². The van der Waals surface area contributed by atoms with Crippen molar-refractivity contribution in [2.45, 2.75) is 72.0 Å². The van der Waals surface area contributed by atoms with Crippen LogP contribution in [0.2, 0.25) is 0 Å². The Morgan fingerprint density at radius 2 is 0.562 bits per heavy atom. The molecular weight excluding hydrogens is 1780 g/mol. The first-order chi connectivity index (χ1) is 70.2. The zero-order valence-corrected chi connectivity index (χ0v) is 80.9. The van der Waals surface area contributed by atoms with Crippen LogP contribution in [0.15, 0.2) is 454 Å². The lowest BCUT2D eigenvalue weighted by molar-refractivity contribution is 0.0961. The molecule has 0 saturated heterocycles. The van der Waals surface area contributed by atoms with E-state index >= 15 is 0 Å². The van der Waals surface area contributed by atoms with Crippen molar-refractivity contribution >= 4 is 122 Å². The van der Waals surface area contributed by atoms with Crippen molar-refractivity contribution in [3.8, 4) is 5.75 Å². The fraction of sp³-hybridized carbons (Fsp3) is 0.108. The summed E-state index contributed by atoms with van der Waals surface area (Å²) in [6, 6.07) is 138. The van der Waals surface area contributed by atoms with Crippen LogP contribution in [0.5, 0.6) is 5.75 Å². The number of halogens is 1. The number of Topliss-reactive ketones (excluding diaryl/α,β-unsaturated/α-hetero) is 7. The number of pyridine rings is 1. The summed E-state index contributed by atoms with van der Waals surface area (Å²) in [7, 11) is 5.47. The van der Waals surface area contributed by atoms with Gasteiger partial charge in [0.15, 0.2) is 40.5 Å². The Morgan fingerprint density at radius 1 is 0.285 bits per heavy atom. The van der Waals surface area contributed by atoms with Crippen molar-refractivity contribution in [1.82, 2.24) is 4.98 Å². The Kier molecular flexibility index (Phi) is 35.0. The second kappa shape index (κ2) is 49.9. The second-order valence-corrected chi connectivity index (χ2v) is 35.2. The Hall–Kier alpha value is -17.4. The van der Waals surface area contributed by atoms with Gasteiger partial charge in [-0.2, -0.15) is 0 Å². The standard InChI is InChI=1S/C21H20O4.C20H19NO.2C19H16O.C18H13FO.C17H13NO.C16H12O2/c1-25-21-11-16(9-17(12-22)19(21)13-23)20(24)10-15-7-4-6-14-5-2-3-8-18(14)15;1-21(2)18-12-10-16(11-13-18)20(22)14-17-8-5-7-15-6-3-4-9-19(15)17;2*1-14-9-11-16(12-10-14)19(20)13-17-7-4-6-15-5-2-3-8-18(15)17;19-16-10-8-14(9-11-16)18(20)12-15-6-3-5-13-4-1-2-7-17(13)15;19-17(15-8-4-10-18-12-15)11-14-7-3-6-13-5-1-2-9-16(13)14;17-15(16-9-4-10-18-16)11-13-7-3-6-12-5-1-2-8-14(12)13/h2-9,11,22-23H,10,12-13H2,1H3;3-13H,14H2,1-2H3;2*2-12H,13H2,1H3;1-11H,12H2;1-10,12H,11H2;1-10H,11H2. The van der Waals surface area contributed by atoms with Crippen LogP contribution in [-0.4, -0.2) is 76.9 Å². The van der Waals surface area contributed by atoms with Gasteiger partial charge in [0.25, 0.3) is 0 Å². The summed E-state index contributed by atoms with van der Waals surface area (Å²) in [4.78, 5) is 92.6. The number of hydrogen-bond donors (Lipinski definition) is 2. The Bertz CT molecular complexity index is 7680. The third-order valence-electron chi connectivity index (χ3n) is 25.2. The van der Waals surface area contributed by atoms with E-state index in [9.17, 15) is 48.2 Å². The first kappa shape index (κ1) is 101. The molecule has 0 radical (unpaired) electrons. The number of hydrogen-bond acceptors (Lipinski definition) is 13. The normalized spacial score (nSPS) is 10.7. The third-order valence-corrected chi connectivity index (χ3v) is 25.2. The fourth-order valence-electron chi connectivity index (χ4n) is 17.4. The smallest absolute Gasteiger partial charge is 0.202 e. The summed E-state index contributed by atoms with van der Waals surface area (Å²) in [6.45, 7) is 3.54. The van der Waals surface area contributed by atoms with Crippen LogP contribution in [0.3, 0.4) is 0 Å². The van der Waals surface area contributed by atoms with Gasteiger partial charge in [-0.05, 0) is 219 Å². The predicted octanol–water partition coefficient (Wildman–Crippen LogP) is 28.7. The molecule has 0 aliphatic heterocycles. The van der Waals surface area contributed by atoms with Gasteiger partial charge >= 0.3 is 0 Å². The molecule has 0 amide bonds. The van der Waals surface area contributed by atoms with Gasteiger partial charge in [0.05, 0.1) is 26.6 Å². The highest BCUT2D eigenvalue weighted by molar-refractivity contribution is 6.06. The molecule has 0 unspecified atom stereocenters. The molecule has 0 fully saturated rings. The Morgan fingerprint density at radius 3 is 0.833 bits per heavy atom. The molecule has 0 aliphatic rings. The van der Waals surface area contributed by atoms with E-state index in [-0.39, 0.29) is 65.9 Å². The molecule has 19 aromatic carbocycles. The number of aliphatic hydroxyl groups is 2. The van der Waals surface area contributed by atoms with Crippen LogP contribution in [-0.2, 0) is 58.2 Å². The molecule has 0 saturated carbocycles. The average molecular weight is 1890 g/mol. The van der Waals surface area contributed by atoms with Gasteiger partial charge in [0, 0.05) is 116 Å². The number of aliphatic hydroxyl groups excluding tert-OH is 2. The first-order valence-corrected chi connectivity index (χ1v) is 47.7. The zero-order chi connectivity index (χ0) is 101. The molecule has 2 N–H and O–H groups in total. The lowest BCUT2D eigenvalue weighted by atomic mass is 9.95. The highest BCUT2D eigenvalue weighted by Gasteiger charge is 2.20. The highest BCUT2D eigenvalue weighted by Crippen LogP contribution is 2.32. The maximum absolute atomic E-state index is 12.9. The monoisotopic (exact) mass is 1890 g/mol. The van der Waals surface area contributed by atoms with E-state index in [0.717, 1.165) is 115 Å². The summed E-state index contributed by atoms with van der Waals surface area (Å²) in [5, 5.41) is 35.0. The number of benzene rings is 19. The van der Waals surface area contributed by atoms with Gasteiger partial charge in [0.2, 0.25) is 5.78 Å². The lowest BCUT2D eigenvalue weighted by Gasteiger charge is -2.13. The maximum atomic E-state index is 12.9. The van der Waals surface area contributed by atoms with Crippen LogP contribution in [0.1, 0.15) is 134 Å². The van der Waals surface area contributed by atoms with Gasteiger partial charge in [-0.1, -0.05) is 357 Å². The number of methoxy groups -OCH3 is 1. The van der Waals surface area contributed by atoms with Gasteiger partial charge in [-0.25, -0.2) is 4.39 Å². The van der Waals surface area contributed by atoms with E-state index in [1.807, 2.05) is 318 Å². The van der Waals surface area contributed by atoms with Crippen molar-refractivity contribution < 1.29 is 57.3 Å². The molecule has 21 rings (SSSR count). The number of ether oxygens (including phenoxy) is 1. The molecular formula is C130H109FN2O11. The van der Waals surface area contributed by atoms with Gasteiger partial charge in [0.1, 0.15) is 11.6 Å². The molecule has 2 aromatic heterocycles. The van der Waals surface area contributed by atoms with E-state index in [1.165, 1.54) is 70.3 Å². The zero-order valence-electron chi connectivity index (χ0n) is 80.9. The molecule has 0 atom stereocenters. The number of rotatable bonds is 25. The predicted molar refractivity (Wildman–Crippen MR) is 581 cm³/mol. The van der Waals surface area contributed by atoms with Gasteiger partial charge in [-0.15, -0.1) is 0 Å². The Balaban J connectivity index is 0.000000127. The SMILES string of the molecule is CN(C)c1ccc(C(=O)Cc2cccc3ccccc23)cc1.COc1cc(C(=O)Cc2cccc3ccccc23)cc(CO)c1CO.Cc1ccc(C(=O)Cc2cccc3ccccc23)cc1.Cc1ccc(C(=O)Cc2cccc3ccccc23)cc1.O=C(Cc1cccc2ccccc12)c1ccc(F)cc1.O=C(Cc1cccc2ccccc12)c1cccnc1.O=C(Cc1cccc2ccccc12)c1ccco1. The summed E-state index contributed by atoms with van der Waals surface area (Å²) >= 11 is 0. The van der Waals surface area contributed by atoms with Gasteiger partial charge < -0.3 is 24.3 Å². The molecule has 2 heterocycles. The fourth-order valence-corrected chi connectivity index (χ4v) is 17.4. The van der Waals surface area contributed by atoms with E-state index in [0.29, 0.717) is 77.9 Å². The maximum Gasteiger partial charge on any atom is 0.202 e. The summed E-state index contributed by atoms with van der Waals surface area (Å²) in [5.41, 5.74) is 15.8. The largest absolute Gasteiger partial charge is 0.496 e. The van der Waals surface area contributed by atoms with Crippen molar-refractivity contribution in [1.29, 1.82) is 0 Å². The number of fused-ring (bicyclic) bond motifs is 7. The Labute approximate surface area is 837 Å². The molecule has 0 bridgehead atoms. The second-order valence-electron chi connectivity index (χ2n) is 35.2. The van der Waals surface area contributed by atoms with E-state index in [4.69, 9.17) is 9.15 Å². The molecule has 21 aromatic rings. The van der Waals surface area contributed by atoms with Crippen LogP contribution < -0.4 is 9.64 Å². The van der Waals surface area contributed by atoms with Gasteiger partial charge in [-0.3, -0.25) is 38.5 Å². The highest BCUT2D eigenvalue weighted by atomic mass is 19.1. The molecule has 13 nitrogen and oxygen atoms in total. The minimum Gasteiger partial charge on any atom is -0.496 e. The number of nitrogens with zero attached hydrogens (tertiary/aromatic N) is 2. The number of aromatic nitrogens is 1. The van der Waals surface area contributed by atoms with Crippen molar-refractivity contribution in [3.05, 3.63) is 556 Å². The minimum absolute atomic E-state index is 0.00125. The quantitative estimate of drug-likeness (QED) is 0.0513. The van der Waals surface area contributed by atoms with Crippen LogP contribution >= 0.6 is 0 Å². The molecule has 712 valence electrons. The van der Waals surface area contributed by atoms with E-state index < -0.39 is 0 Å². The van der Waals surface area contributed by atoms with E-state index in [1.54, 1.807) is 48.8 Å². The average Bonchev–Trinajstić information content (AvgIpc) is 0.933. The minimum atomic E-state index is -0.327. The summed E-state index contributed by atoms with van der Waals surface area (Å²) < 4.78 is 23.3. The van der Waals surface area contributed by atoms with Crippen molar-refractivity contribution in [3.63, 3.8) is 0 Å². The lowest BCUT2D eigenvalue weighted by Crippen LogP contribution is -2.09. The number of ketones is 7. The summed E-state index contributed by atoms with van der Waals surface area (Å²) in [6.07, 6.45) is 7.51. The molecule has 0 aliphatic carbocycles. The molecule has 144 heavy (non-hydrogen) atoms. The topological polar surface area (TPSA) is 198 Å². The first-order valence-electron chi connectivity index (χ1n) is 47.7. The van der Waals surface area contributed by atoms with Crippen LogP contribution in [0.4, 0.5) is 10.1 Å². The van der Waals surface area contributed by atoms with Crippen LogP contribution in [0, 0.1) is 19.7 Å². The van der Waals surface area contributed by atoms with Crippen molar-refractivity contribution in [2.75, 3.05) is 26.1 Å².